The van der Waals surface area contributed by atoms with E-state index in [4.69, 9.17) is 4.74 Å². The maximum Gasteiger partial charge on any atom is 0.337 e. The van der Waals surface area contributed by atoms with Crippen LogP contribution in [0.3, 0.4) is 0 Å². The molecule has 2 aromatic carbocycles. The number of carbonyl (C=O) groups is 2. The van der Waals surface area contributed by atoms with E-state index >= 15 is 0 Å². The molecule has 8 nitrogen and oxygen atoms in total. The molecule has 0 bridgehead atoms. The van der Waals surface area contributed by atoms with Crippen LogP contribution in [0.2, 0.25) is 0 Å². The van der Waals surface area contributed by atoms with Crippen LogP contribution in [-0.2, 0) is 16.0 Å². The fraction of sp³-hybridized carbons (Fsp3) is 0.185. The number of pyridine rings is 1. The second-order valence-corrected chi connectivity index (χ2v) is 8.00. The van der Waals surface area contributed by atoms with E-state index in [1.54, 1.807) is 31.3 Å². The number of hydrogen-bond acceptors (Lipinski definition) is 6. The number of nitrogens with one attached hydrogen (secondary N) is 1. The zero-order valence-corrected chi connectivity index (χ0v) is 19.5. The molecule has 4 aromatic rings. The van der Waals surface area contributed by atoms with Crippen molar-refractivity contribution >= 4 is 11.9 Å². The summed E-state index contributed by atoms with van der Waals surface area (Å²) < 4.78 is 20.1. The predicted molar refractivity (Wildman–Crippen MR) is 131 cm³/mol. The molecule has 2 N–H and O–H groups in total. The quantitative estimate of drug-likeness (QED) is 0.350. The minimum Gasteiger partial charge on any atom is -0.464 e. The highest BCUT2D eigenvalue weighted by molar-refractivity contribution is 5.97. The fourth-order valence-electron chi connectivity index (χ4n) is 3.76. The van der Waals surface area contributed by atoms with Crippen LogP contribution in [0.15, 0.2) is 85.2 Å². The second-order valence-electron chi connectivity index (χ2n) is 8.00. The summed E-state index contributed by atoms with van der Waals surface area (Å²) in [4.78, 5) is 29.9. The number of benzene rings is 2. The molecule has 0 saturated carbocycles. The Labute approximate surface area is 207 Å². The Hall–Kier alpha value is -4.37. The van der Waals surface area contributed by atoms with Gasteiger partial charge in [-0.05, 0) is 49.2 Å². The molecule has 1 amide bonds. The SMILES string of the molecule is CCOC(=O)C(O)C(Cc1cccc(F)c1)NC(=O)c1cccnc1-n1ccc(-c2ccccc2)n1. The van der Waals surface area contributed by atoms with Crippen LogP contribution in [0.1, 0.15) is 22.8 Å². The standard InChI is InChI=1S/C27H25FN4O4/c1-2-36-27(35)24(33)23(17-18-8-6-11-20(28)16-18)30-26(34)21-12-7-14-29-25(21)32-15-13-22(31-32)19-9-4-3-5-10-19/h3-16,23-24,33H,2,17H2,1H3,(H,30,34). The van der Waals surface area contributed by atoms with Crippen molar-refractivity contribution in [2.45, 2.75) is 25.5 Å². The van der Waals surface area contributed by atoms with Crippen molar-refractivity contribution in [1.29, 1.82) is 0 Å². The Bertz CT molecular complexity index is 1340. The largest absolute Gasteiger partial charge is 0.464 e. The number of aliphatic hydroxyl groups excluding tert-OH is 1. The number of aliphatic hydroxyl groups is 1. The molecule has 0 spiro atoms. The summed E-state index contributed by atoms with van der Waals surface area (Å²) in [6, 6.07) is 19.2. The van der Waals surface area contributed by atoms with E-state index in [0.29, 0.717) is 11.3 Å². The highest BCUT2D eigenvalue weighted by atomic mass is 19.1. The monoisotopic (exact) mass is 488 g/mol. The van der Waals surface area contributed by atoms with E-state index in [2.05, 4.69) is 15.4 Å². The highest BCUT2D eigenvalue weighted by Gasteiger charge is 2.30. The third-order valence-corrected chi connectivity index (χ3v) is 5.48. The van der Waals surface area contributed by atoms with E-state index < -0.39 is 29.8 Å². The van der Waals surface area contributed by atoms with Gasteiger partial charge in [-0.25, -0.2) is 18.9 Å². The molecule has 0 saturated heterocycles. The molecular formula is C27H25FN4O4. The first kappa shape index (κ1) is 24.7. The Morgan fingerprint density at radius 2 is 1.89 bits per heavy atom. The zero-order chi connectivity index (χ0) is 25.5. The molecule has 2 aromatic heterocycles. The first-order valence-corrected chi connectivity index (χ1v) is 11.4. The minimum atomic E-state index is -1.66. The van der Waals surface area contributed by atoms with Gasteiger partial charge in [-0.1, -0.05) is 42.5 Å². The minimum absolute atomic E-state index is 0.000990. The molecule has 0 aliphatic carbocycles. The van der Waals surface area contributed by atoms with Crippen molar-refractivity contribution in [2.75, 3.05) is 6.61 Å². The van der Waals surface area contributed by atoms with Gasteiger partial charge in [0.15, 0.2) is 11.9 Å². The Balaban J connectivity index is 1.61. The Morgan fingerprint density at radius 3 is 2.64 bits per heavy atom. The number of amides is 1. The van der Waals surface area contributed by atoms with Crippen molar-refractivity contribution in [3.8, 4) is 17.1 Å². The number of rotatable bonds is 9. The lowest BCUT2D eigenvalue weighted by molar-refractivity contribution is -0.154. The molecule has 0 aliphatic heterocycles. The Kier molecular flexibility index (Phi) is 7.82. The van der Waals surface area contributed by atoms with Crippen molar-refractivity contribution in [3.05, 3.63) is 102 Å². The summed E-state index contributed by atoms with van der Waals surface area (Å²) in [6.07, 6.45) is 1.57. The van der Waals surface area contributed by atoms with Gasteiger partial charge in [-0.2, -0.15) is 5.10 Å². The number of nitrogens with zero attached hydrogens (tertiary/aromatic N) is 3. The van der Waals surface area contributed by atoms with Gasteiger partial charge in [0.2, 0.25) is 0 Å². The van der Waals surface area contributed by atoms with E-state index in [0.717, 1.165) is 5.56 Å². The number of halogens is 1. The normalized spacial score (nSPS) is 12.5. The first-order valence-electron chi connectivity index (χ1n) is 11.4. The summed E-state index contributed by atoms with van der Waals surface area (Å²) in [5, 5.41) is 17.9. The predicted octanol–water partition coefficient (Wildman–Crippen LogP) is 3.34. The van der Waals surface area contributed by atoms with Crippen LogP contribution >= 0.6 is 0 Å². The topological polar surface area (TPSA) is 106 Å². The van der Waals surface area contributed by atoms with Gasteiger partial charge in [0.05, 0.1) is 23.9 Å². The summed E-state index contributed by atoms with van der Waals surface area (Å²) in [7, 11) is 0. The van der Waals surface area contributed by atoms with E-state index in [9.17, 15) is 19.1 Å². The van der Waals surface area contributed by atoms with Crippen molar-refractivity contribution in [3.63, 3.8) is 0 Å². The summed E-state index contributed by atoms with van der Waals surface area (Å²) in [5.74, 6) is -1.66. The molecule has 2 heterocycles. The van der Waals surface area contributed by atoms with E-state index in [1.165, 1.54) is 29.1 Å². The average Bonchev–Trinajstić information content (AvgIpc) is 3.39. The summed E-state index contributed by atoms with van der Waals surface area (Å²) >= 11 is 0. The number of aromatic nitrogens is 3. The fourth-order valence-corrected chi connectivity index (χ4v) is 3.76. The molecule has 184 valence electrons. The van der Waals surface area contributed by atoms with Crippen LogP contribution in [0.4, 0.5) is 4.39 Å². The molecule has 0 fully saturated rings. The van der Waals surface area contributed by atoms with Crippen LogP contribution in [0.25, 0.3) is 17.1 Å². The van der Waals surface area contributed by atoms with E-state index in [-0.39, 0.29) is 24.4 Å². The van der Waals surface area contributed by atoms with Crippen LogP contribution in [-0.4, -0.2) is 50.5 Å². The first-order chi connectivity index (χ1) is 17.5. The molecule has 2 unspecified atom stereocenters. The summed E-state index contributed by atoms with van der Waals surface area (Å²) in [6.45, 7) is 1.67. The number of ether oxygens (including phenoxy) is 1. The van der Waals surface area contributed by atoms with E-state index in [1.807, 2.05) is 36.4 Å². The van der Waals surface area contributed by atoms with Gasteiger partial charge in [0, 0.05) is 18.0 Å². The lowest BCUT2D eigenvalue weighted by Crippen LogP contribution is -2.49. The number of esters is 1. The van der Waals surface area contributed by atoms with Gasteiger partial charge in [-0.3, -0.25) is 4.79 Å². The lowest BCUT2D eigenvalue weighted by Gasteiger charge is -2.23. The van der Waals surface area contributed by atoms with Crippen LogP contribution in [0.5, 0.6) is 0 Å². The third kappa shape index (κ3) is 5.81. The molecular weight excluding hydrogens is 463 g/mol. The van der Waals surface area contributed by atoms with Gasteiger partial charge in [-0.15, -0.1) is 0 Å². The number of carbonyl (C=O) groups excluding carboxylic acids is 2. The van der Waals surface area contributed by atoms with Crippen molar-refractivity contribution < 1.29 is 23.8 Å². The maximum absolute atomic E-state index is 13.7. The average molecular weight is 489 g/mol. The van der Waals surface area contributed by atoms with Gasteiger partial charge in [0.25, 0.3) is 5.91 Å². The van der Waals surface area contributed by atoms with Gasteiger partial charge < -0.3 is 15.2 Å². The second kappa shape index (κ2) is 11.4. The van der Waals surface area contributed by atoms with Crippen molar-refractivity contribution in [2.24, 2.45) is 0 Å². The molecule has 2 atom stereocenters. The molecule has 4 rings (SSSR count). The zero-order valence-electron chi connectivity index (χ0n) is 19.5. The highest BCUT2D eigenvalue weighted by Crippen LogP contribution is 2.19. The number of hydrogen-bond donors (Lipinski definition) is 2. The molecule has 36 heavy (non-hydrogen) atoms. The van der Waals surface area contributed by atoms with Gasteiger partial charge in [0.1, 0.15) is 5.82 Å². The Morgan fingerprint density at radius 1 is 1.08 bits per heavy atom. The third-order valence-electron chi connectivity index (χ3n) is 5.48. The molecule has 0 aliphatic rings. The van der Waals surface area contributed by atoms with Crippen LogP contribution in [0, 0.1) is 5.82 Å². The maximum atomic E-state index is 13.7. The smallest absolute Gasteiger partial charge is 0.337 e. The van der Waals surface area contributed by atoms with Crippen molar-refractivity contribution in [1.82, 2.24) is 20.1 Å². The summed E-state index contributed by atoms with van der Waals surface area (Å²) in [5.41, 5.74) is 2.29. The van der Waals surface area contributed by atoms with Crippen LogP contribution < -0.4 is 5.32 Å². The lowest BCUT2D eigenvalue weighted by atomic mass is 10.0. The molecule has 9 heteroatoms. The molecule has 0 radical (unpaired) electrons. The van der Waals surface area contributed by atoms with Gasteiger partial charge >= 0.3 is 5.97 Å².